The molecule has 0 radical (unpaired) electrons. The van der Waals surface area contributed by atoms with Crippen LogP contribution in [-0.4, -0.2) is 16.5 Å². The van der Waals surface area contributed by atoms with Crippen LogP contribution < -0.4 is 5.32 Å². The Balaban J connectivity index is 2.42. The number of hydrogen-bond acceptors (Lipinski definition) is 3. The zero-order valence-corrected chi connectivity index (χ0v) is 10.1. The molecule has 3 nitrogen and oxygen atoms in total. The van der Waals surface area contributed by atoms with Gasteiger partial charge in [-0.05, 0) is 29.7 Å². The minimum Gasteiger partial charge on any atom is -0.369 e. The second kappa shape index (κ2) is 4.66. The van der Waals surface area contributed by atoms with Gasteiger partial charge in [0, 0.05) is 11.9 Å². The van der Waals surface area contributed by atoms with E-state index in [1.54, 1.807) is 0 Å². The van der Waals surface area contributed by atoms with Gasteiger partial charge in [0.2, 0.25) is 5.28 Å². The zero-order valence-electron chi connectivity index (χ0n) is 9.37. The van der Waals surface area contributed by atoms with Crippen LogP contribution in [0.5, 0.6) is 0 Å². The van der Waals surface area contributed by atoms with E-state index in [-0.39, 0.29) is 5.28 Å². The van der Waals surface area contributed by atoms with Crippen LogP contribution in [0.3, 0.4) is 0 Å². The molecule has 0 spiro atoms. The molecule has 84 valence electrons. The van der Waals surface area contributed by atoms with Crippen molar-refractivity contribution in [1.29, 1.82) is 0 Å². The van der Waals surface area contributed by atoms with Crippen molar-refractivity contribution in [2.75, 3.05) is 11.9 Å². The van der Waals surface area contributed by atoms with Gasteiger partial charge in [-0.25, -0.2) is 9.97 Å². The number of halogens is 1. The third kappa shape index (κ3) is 2.42. The van der Waals surface area contributed by atoms with Crippen LogP contribution in [0.1, 0.15) is 13.8 Å². The summed E-state index contributed by atoms with van der Waals surface area (Å²) < 4.78 is 0. The van der Waals surface area contributed by atoms with Crippen LogP contribution in [0.4, 0.5) is 5.82 Å². The molecule has 0 amide bonds. The molecular formula is C12H14ClN3. The van der Waals surface area contributed by atoms with Gasteiger partial charge in [-0.15, -0.1) is 0 Å². The molecule has 0 atom stereocenters. The zero-order chi connectivity index (χ0) is 11.5. The number of nitrogens with zero attached hydrogens (tertiary/aromatic N) is 2. The van der Waals surface area contributed by atoms with E-state index in [2.05, 4.69) is 29.1 Å². The minimum absolute atomic E-state index is 0.282. The van der Waals surface area contributed by atoms with E-state index in [4.69, 9.17) is 11.6 Å². The molecule has 1 N–H and O–H groups in total. The highest BCUT2D eigenvalue weighted by atomic mass is 35.5. The van der Waals surface area contributed by atoms with Gasteiger partial charge in [0.1, 0.15) is 5.82 Å². The smallest absolute Gasteiger partial charge is 0.224 e. The summed E-state index contributed by atoms with van der Waals surface area (Å²) in [5.74, 6) is 1.37. The number of hydrogen-bond donors (Lipinski definition) is 1. The highest BCUT2D eigenvalue weighted by Crippen LogP contribution is 2.21. The molecule has 1 aromatic heterocycles. The summed E-state index contributed by atoms with van der Waals surface area (Å²) >= 11 is 5.88. The summed E-state index contributed by atoms with van der Waals surface area (Å²) in [6, 6.07) is 7.84. The van der Waals surface area contributed by atoms with Gasteiger partial charge >= 0.3 is 0 Å². The Kier molecular flexibility index (Phi) is 3.25. The van der Waals surface area contributed by atoms with Crippen molar-refractivity contribution in [1.82, 2.24) is 9.97 Å². The Morgan fingerprint density at radius 3 is 2.75 bits per heavy atom. The fourth-order valence-corrected chi connectivity index (χ4v) is 1.66. The number of anilines is 1. The molecule has 0 fully saturated rings. The number of rotatable bonds is 3. The number of nitrogens with one attached hydrogen (secondary N) is 1. The first kappa shape index (κ1) is 11.1. The Hall–Kier alpha value is -1.35. The van der Waals surface area contributed by atoms with Crippen molar-refractivity contribution in [2.24, 2.45) is 5.92 Å². The SMILES string of the molecule is CC(C)CNc1nc(Cl)nc2ccccc12. The fraction of sp³-hybridized carbons (Fsp3) is 0.333. The molecule has 1 aromatic carbocycles. The van der Waals surface area contributed by atoms with Crippen LogP contribution in [0.2, 0.25) is 5.28 Å². The molecule has 0 saturated heterocycles. The van der Waals surface area contributed by atoms with Gasteiger partial charge in [-0.1, -0.05) is 26.0 Å². The van der Waals surface area contributed by atoms with Crippen molar-refractivity contribution in [3.8, 4) is 0 Å². The summed E-state index contributed by atoms with van der Waals surface area (Å²) in [4.78, 5) is 8.39. The first-order valence-corrected chi connectivity index (χ1v) is 5.71. The Bertz CT molecular complexity index is 497. The molecule has 0 aliphatic rings. The van der Waals surface area contributed by atoms with Crippen molar-refractivity contribution < 1.29 is 0 Å². The lowest BCUT2D eigenvalue weighted by molar-refractivity contribution is 0.687. The number of fused-ring (bicyclic) bond motifs is 1. The van der Waals surface area contributed by atoms with Gasteiger partial charge in [0.05, 0.1) is 5.52 Å². The average Bonchev–Trinajstić information content (AvgIpc) is 2.25. The second-order valence-electron chi connectivity index (χ2n) is 4.13. The summed E-state index contributed by atoms with van der Waals surface area (Å²) in [6.45, 7) is 5.17. The Morgan fingerprint density at radius 2 is 2.00 bits per heavy atom. The average molecular weight is 236 g/mol. The lowest BCUT2D eigenvalue weighted by atomic mass is 10.2. The third-order valence-electron chi connectivity index (χ3n) is 2.25. The lowest BCUT2D eigenvalue weighted by Gasteiger charge is -2.10. The Labute approximate surface area is 99.9 Å². The maximum absolute atomic E-state index is 5.88. The van der Waals surface area contributed by atoms with E-state index in [9.17, 15) is 0 Å². The summed E-state index contributed by atoms with van der Waals surface area (Å²) in [7, 11) is 0. The van der Waals surface area contributed by atoms with E-state index < -0.39 is 0 Å². The quantitative estimate of drug-likeness (QED) is 0.830. The molecule has 2 aromatic rings. The van der Waals surface area contributed by atoms with Crippen molar-refractivity contribution in [3.05, 3.63) is 29.5 Å². The van der Waals surface area contributed by atoms with Gasteiger partial charge in [-0.2, -0.15) is 0 Å². The lowest BCUT2D eigenvalue weighted by Crippen LogP contribution is -2.10. The molecule has 0 bridgehead atoms. The number of para-hydroxylation sites is 1. The summed E-state index contributed by atoms with van der Waals surface area (Å²) in [5, 5.41) is 4.58. The predicted molar refractivity (Wildman–Crippen MR) is 67.9 cm³/mol. The normalized spacial score (nSPS) is 11.0. The van der Waals surface area contributed by atoms with Crippen LogP contribution in [0.15, 0.2) is 24.3 Å². The number of benzene rings is 1. The third-order valence-corrected chi connectivity index (χ3v) is 2.42. The standard InChI is InChI=1S/C12H14ClN3/c1-8(2)7-14-11-9-5-3-4-6-10(9)15-12(13)16-11/h3-6,8H,7H2,1-2H3,(H,14,15,16). The highest BCUT2D eigenvalue weighted by molar-refractivity contribution is 6.28. The van der Waals surface area contributed by atoms with Gasteiger partial charge < -0.3 is 5.32 Å². The van der Waals surface area contributed by atoms with Gasteiger partial charge in [0.15, 0.2) is 0 Å². The molecule has 0 aliphatic carbocycles. The first-order valence-electron chi connectivity index (χ1n) is 5.33. The van der Waals surface area contributed by atoms with Crippen molar-refractivity contribution >= 4 is 28.3 Å². The predicted octanol–water partition coefficient (Wildman–Crippen LogP) is 3.35. The first-order chi connectivity index (χ1) is 7.66. The molecule has 16 heavy (non-hydrogen) atoms. The number of aromatic nitrogens is 2. The molecule has 0 unspecified atom stereocenters. The molecule has 0 aliphatic heterocycles. The van der Waals surface area contributed by atoms with E-state index in [0.29, 0.717) is 5.92 Å². The van der Waals surface area contributed by atoms with Crippen molar-refractivity contribution in [2.45, 2.75) is 13.8 Å². The monoisotopic (exact) mass is 235 g/mol. The minimum atomic E-state index is 0.282. The van der Waals surface area contributed by atoms with Crippen LogP contribution in [-0.2, 0) is 0 Å². The summed E-state index contributed by atoms with van der Waals surface area (Å²) in [6.07, 6.45) is 0. The van der Waals surface area contributed by atoms with Crippen LogP contribution in [0, 0.1) is 5.92 Å². The molecule has 4 heteroatoms. The summed E-state index contributed by atoms with van der Waals surface area (Å²) in [5.41, 5.74) is 0.869. The van der Waals surface area contributed by atoms with Crippen molar-refractivity contribution in [3.63, 3.8) is 0 Å². The van der Waals surface area contributed by atoms with Crippen LogP contribution in [0.25, 0.3) is 10.9 Å². The van der Waals surface area contributed by atoms with Crippen LogP contribution >= 0.6 is 11.6 Å². The van der Waals surface area contributed by atoms with E-state index in [1.807, 2.05) is 24.3 Å². The topological polar surface area (TPSA) is 37.8 Å². The fourth-order valence-electron chi connectivity index (χ4n) is 1.48. The van der Waals surface area contributed by atoms with E-state index in [0.717, 1.165) is 23.3 Å². The largest absolute Gasteiger partial charge is 0.369 e. The Morgan fingerprint density at radius 1 is 1.25 bits per heavy atom. The maximum atomic E-state index is 5.88. The van der Waals surface area contributed by atoms with E-state index in [1.165, 1.54) is 0 Å². The second-order valence-corrected chi connectivity index (χ2v) is 4.47. The molecule has 2 rings (SSSR count). The van der Waals surface area contributed by atoms with Gasteiger partial charge in [-0.3, -0.25) is 0 Å². The molecule has 0 saturated carbocycles. The molecular weight excluding hydrogens is 222 g/mol. The van der Waals surface area contributed by atoms with E-state index >= 15 is 0 Å². The highest BCUT2D eigenvalue weighted by Gasteiger charge is 2.05. The maximum Gasteiger partial charge on any atom is 0.224 e. The molecule has 1 heterocycles. The van der Waals surface area contributed by atoms with Gasteiger partial charge in [0.25, 0.3) is 0 Å².